The van der Waals surface area contributed by atoms with Crippen LogP contribution in [0.4, 0.5) is 33.6 Å². The Morgan fingerprint density at radius 1 is 0.523 bits per heavy atom. The number of esters is 2. The van der Waals surface area contributed by atoms with Gasteiger partial charge in [-0.1, -0.05) is 14.0 Å². The fourth-order valence-electron chi connectivity index (χ4n) is 10.0. The SMILES string of the molecule is C.C=CC(=O)OC.CC(C)(C)OC(=O)N1CCN2C(=O)N(CCC(=O)O)C[C@@H]2C1.CC(C)(C)OC(=O)N1CCN2C(=O)NC[C@@H]2C1.COC(=O)CCN1C[C@@H]2CN(C(=O)OC(C)(C)C)CCN2C1=O.O=C(O)CCN1C[C@@H]2CCCCN2C1=O.[Li+].[OH-]. The van der Waals surface area contributed by atoms with Crippen LogP contribution in [0.25, 0.3) is 0 Å². The molecule has 4 N–H and O–H groups in total. The summed E-state index contributed by atoms with van der Waals surface area (Å²) in [6, 6.07) is 0.0467. The molecule has 8 heterocycles. The minimum absolute atomic E-state index is 0. The maximum absolute atomic E-state index is 12.3. The number of methoxy groups -OCH3 is 2. The molecule has 0 aromatic carbocycles. The summed E-state index contributed by atoms with van der Waals surface area (Å²) >= 11 is 0. The predicted octanol–water partition coefficient (Wildman–Crippen LogP) is 0.915. The molecular weight excluding hydrogens is 1130 g/mol. The van der Waals surface area contributed by atoms with Crippen molar-refractivity contribution in [3.63, 3.8) is 0 Å². The van der Waals surface area contributed by atoms with Crippen molar-refractivity contribution >= 4 is 66.3 Å². The molecular formula is C55H94LiN11O19. The fourth-order valence-corrected chi connectivity index (χ4v) is 10.0. The number of hydrogen-bond acceptors (Lipinski definition) is 17. The molecule has 30 nitrogen and oxygen atoms in total. The summed E-state index contributed by atoms with van der Waals surface area (Å²) in [5.74, 6) is -2.49. The Balaban J connectivity index is 0.000000554. The van der Waals surface area contributed by atoms with Crippen molar-refractivity contribution in [1.29, 1.82) is 0 Å². The molecule has 0 aromatic rings. The van der Waals surface area contributed by atoms with Crippen molar-refractivity contribution < 1.29 is 111 Å². The number of nitrogens with one attached hydrogen (secondary N) is 1. The van der Waals surface area contributed by atoms with E-state index >= 15 is 0 Å². The van der Waals surface area contributed by atoms with E-state index in [0.29, 0.717) is 104 Å². The number of amides is 11. The van der Waals surface area contributed by atoms with Gasteiger partial charge in [-0.3, -0.25) is 14.4 Å². The van der Waals surface area contributed by atoms with E-state index in [9.17, 15) is 52.7 Å². The molecule has 0 aliphatic carbocycles. The number of hydrogen-bond donors (Lipinski definition) is 3. The van der Waals surface area contributed by atoms with Crippen LogP contribution in [0.1, 0.15) is 108 Å². The summed E-state index contributed by atoms with van der Waals surface area (Å²) in [5, 5.41) is 20.1. The Morgan fingerprint density at radius 2 is 0.884 bits per heavy atom. The van der Waals surface area contributed by atoms with Crippen LogP contribution < -0.4 is 24.2 Å². The van der Waals surface area contributed by atoms with E-state index in [2.05, 4.69) is 21.4 Å². The molecule has 11 amide bonds. The topological polar surface area (TPSA) is 349 Å². The van der Waals surface area contributed by atoms with Gasteiger partial charge in [-0.05, 0) is 81.6 Å². The third-order valence-electron chi connectivity index (χ3n) is 14.0. The molecule has 31 heteroatoms. The van der Waals surface area contributed by atoms with Gasteiger partial charge in [-0.15, -0.1) is 0 Å². The molecule has 0 radical (unpaired) electrons. The van der Waals surface area contributed by atoms with Crippen LogP contribution in [0.3, 0.4) is 0 Å². The van der Waals surface area contributed by atoms with Gasteiger partial charge in [0.15, 0.2) is 0 Å². The fraction of sp³-hybridized carbons (Fsp3) is 0.764. The van der Waals surface area contributed by atoms with Crippen LogP contribution in [0.15, 0.2) is 12.7 Å². The van der Waals surface area contributed by atoms with Crippen LogP contribution >= 0.6 is 0 Å². The standard InChI is InChI=1S/C15H25N3O5.C14H23N3O5.C11H19N3O3.C10H16N2O3.C4H6O2.CH4.Li.H2O/c1-15(2,3)23-14(21)17-7-8-18-11(10-17)9-16(13(18)20)6-5-12(19)22-4;1-14(2,3)22-13(21)16-6-7-17-10(9-16)8-15(12(17)20)5-4-11(18)19;1-11(2,3)17-10(16)13-4-5-14-8(7-13)6-12-9(14)15;13-9(14)4-6-11-7-8-3-1-2-5-12(8)10(11)15;1-3-4(5)6-2;;;/h11H,5-10H2,1-4H3;10H,4-9H2,1-3H3,(H,18,19);8H,4-7H2,1-3H3,(H,12,15);8H,1-7H2,(H,13,14);3H,1H2,2H3;1H4;;1H2/q;;;;;;+1;/p-1/t11-;10-;2*8-;;;;/m1110..../s1. The van der Waals surface area contributed by atoms with Crippen molar-refractivity contribution in [3.05, 3.63) is 12.7 Å². The summed E-state index contributed by atoms with van der Waals surface area (Å²) in [6.45, 7) is 28.0. The first-order valence-electron chi connectivity index (χ1n) is 28.1. The molecule has 8 saturated heterocycles. The van der Waals surface area contributed by atoms with Crippen molar-refractivity contribution in [3.8, 4) is 0 Å². The zero-order valence-electron chi connectivity index (χ0n) is 51.7. The van der Waals surface area contributed by atoms with Crippen molar-refractivity contribution in [2.45, 2.75) is 149 Å². The number of aliphatic carboxylic acids is 2. The molecule has 86 heavy (non-hydrogen) atoms. The van der Waals surface area contributed by atoms with E-state index in [-0.39, 0.29) is 124 Å². The molecule has 484 valence electrons. The number of rotatable bonds is 10. The Kier molecular flexibility index (Phi) is 30.8. The summed E-state index contributed by atoms with van der Waals surface area (Å²) in [6.07, 6.45) is 3.58. The summed E-state index contributed by atoms with van der Waals surface area (Å²) in [5.41, 5.74) is -1.56. The van der Waals surface area contributed by atoms with Gasteiger partial charge >= 0.3 is 85.1 Å². The minimum atomic E-state index is -0.923. The van der Waals surface area contributed by atoms with Crippen LogP contribution in [-0.4, -0.2) is 297 Å². The van der Waals surface area contributed by atoms with Crippen LogP contribution in [-0.2, 0) is 42.9 Å². The third-order valence-corrected chi connectivity index (χ3v) is 14.0. The Bertz CT molecular complexity index is 2350. The molecule has 0 bridgehead atoms. The number of nitrogens with zero attached hydrogens (tertiary/aromatic N) is 10. The van der Waals surface area contributed by atoms with Gasteiger partial charge in [0, 0.05) is 117 Å². The quantitative estimate of drug-likeness (QED) is 0.118. The van der Waals surface area contributed by atoms with E-state index < -0.39 is 34.7 Å². The second kappa shape index (κ2) is 34.4. The third kappa shape index (κ3) is 24.1. The number of carboxylic acid groups (broad SMARTS) is 2. The van der Waals surface area contributed by atoms with Gasteiger partial charge in [0.25, 0.3) is 0 Å². The number of urea groups is 4. The van der Waals surface area contributed by atoms with Crippen molar-refractivity contribution in [1.82, 2.24) is 54.3 Å². The average Bonchev–Trinajstić information content (AvgIpc) is 3.07. The summed E-state index contributed by atoms with van der Waals surface area (Å²) in [7, 11) is 2.64. The van der Waals surface area contributed by atoms with E-state index in [1.807, 2.05) is 67.2 Å². The molecule has 0 unspecified atom stereocenters. The molecule has 0 saturated carbocycles. The van der Waals surface area contributed by atoms with Gasteiger partial charge in [0.1, 0.15) is 16.8 Å². The van der Waals surface area contributed by atoms with Gasteiger partial charge in [0.05, 0.1) is 57.6 Å². The largest absolute Gasteiger partial charge is 1.00 e. The normalized spacial score (nSPS) is 21.1. The number of piperazine rings is 3. The summed E-state index contributed by atoms with van der Waals surface area (Å²) in [4.78, 5) is 143. The number of carboxylic acids is 2. The molecule has 0 spiro atoms. The molecule has 8 fully saturated rings. The van der Waals surface area contributed by atoms with Crippen LogP contribution in [0.2, 0.25) is 0 Å². The number of carbonyl (C=O) groups is 11. The Hall–Kier alpha value is -6.93. The summed E-state index contributed by atoms with van der Waals surface area (Å²) < 4.78 is 24.8. The Labute approximate surface area is 517 Å². The second-order valence-electron chi connectivity index (χ2n) is 23.9. The van der Waals surface area contributed by atoms with Crippen LogP contribution in [0.5, 0.6) is 0 Å². The van der Waals surface area contributed by atoms with E-state index in [1.165, 1.54) is 25.5 Å². The van der Waals surface area contributed by atoms with Crippen molar-refractivity contribution in [2.24, 2.45) is 0 Å². The maximum Gasteiger partial charge on any atom is 1.00 e. The number of fused-ring (bicyclic) bond motifs is 4. The molecule has 8 aliphatic heterocycles. The van der Waals surface area contributed by atoms with Gasteiger partial charge in [-0.2, -0.15) is 0 Å². The minimum Gasteiger partial charge on any atom is -0.870 e. The first-order chi connectivity index (χ1) is 38.7. The van der Waals surface area contributed by atoms with E-state index in [4.69, 9.17) is 24.4 Å². The van der Waals surface area contributed by atoms with Gasteiger partial charge in [-0.25, -0.2) is 38.4 Å². The number of carbonyl (C=O) groups excluding carboxylic acids is 9. The zero-order valence-corrected chi connectivity index (χ0v) is 51.7. The molecule has 0 aromatic heterocycles. The van der Waals surface area contributed by atoms with Crippen LogP contribution in [0, 0.1) is 0 Å². The van der Waals surface area contributed by atoms with Crippen molar-refractivity contribution in [2.75, 3.05) is 125 Å². The first-order valence-corrected chi connectivity index (χ1v) is 28.1. The number of piperidine rings is 1. The molecule has 8 rings (SSSR count). The molecule has 4 atom stereocenters. The first kappa shape index (κ1) is 77.1. The van der Waals surface area contributed by atoms with E-state index in [0.717, 1.165) is 25.5 Å². The van der Waals surface area contributed by atoms with Gasteiger partial charge in [0.2, 0.25) is 0 Å². The smallest absolute Gasteiger partial charge is 0.870 e. The monoisotopic (exact) mass is 1220 g/mol. The second-order valence-corrected chi connectivity index (χ2v) is 23.9. The Morgan fingerprint density at radius 3 is 1.22 bits per heavy atom. The average molecular weight is 1220 g/mol. The zero-order chi connectivity index (χ0) is 62.1. The predicted molar refractivity (Wildman–Crippen MR) is 306 cm³/mol. The number of ether oxygens (including phenoxy) is 5. The van der Waals surface area contributed by atoms with Gasteiger partial charge < -0.3 is 93.7 Å². The van der Waals surface area contributed by atoms with E-state index in [1.54, 1.807) is 39.2 Å². The maximum atomic E-state index is 12.3. The molecule has 8 aliphatic rings.